The van der Waals surface area contributed by atoms with Gasteiger partial charge in [0.2, 0.25) is 5.91 Å². The van der Waals surface area contributed by atoms with Crippen LogP contribution in [0.15, 0.2) is 12.1 Å². The van der Waals surface area contributed by atoms with Crippen LogP contribution < -0.4 is 9.47 Å². The number of carbonyl (C=O) groups excluding carboxylic acids is 4. The Bertz CT molecular complexity index is 1020. The van der Waals surface area contributed by atoms with Crippen molar-refractivity contribution >= 4 is 23.6 Å². The summed E-state index contributed by atoms with van der Waals surface area (Å²) in [4.78, 5) is 51.2. The highest BCUT2D eigenvalue weighted by molar-refractivity contribution is 5.91. The van der Waals surface area contributed by atoms with E-state index in [1.165, 1.54) is 20.8 Å². The molecule has 2 bridgehead atoms. The summed E-state index contributed by atoms with van der Waals surface area (Å²) in [7, 11) is 0. The standard InChI is InChI=1S/C22H23NO7/c1-11(24)23-9-8-21-18-14-4-5-16(28-12(2)25)19(18)29-20(21)15(27)6-7-22(21,17(23)10-14)30-13(3)26/h4-5,17,20H,6-10H2,1-3H3/t17-,20+,21+,22-/m1/s1. The molecule has 2 aliphatic heterocycles. The van der Waals surface area contributed by atoms with Crippen molar-refractivity contribution in [2.75, 3.05) is 6.54 Å². The van der Waals surface area contributed by atoms with E-state index in [2.05, 4.69) is 0 Å². The van der Waals surface area contributed by atoms with Crippen molar-refractivity contribution in [1.29, 1.82) is 0 Å². The number of likely N-dealkylation sites (tertiary alicyclic amines) is 1. The summed E-state index contributed by atoms with van der Waals surface area (Å²) in [6.45, 7) is 4.61. The minimum atomic E-state index is -1.06. The number of ether oxygens (including phenoxy) is 3. The highest BCUT2D eigenvalue weighted by Gasteiger charge is 2.75. The molecule has 158 valence electrons. The molecule has 0 unspecified atom stereocenters. The van der Waals surface area contributed by atoms with E-state index >= 15 is 0 Å². The molecule has 2 heterocycles. The maximum absolute atomic E-state index is 13.0. The summed E-state index contributed by atoms with van der Waals surface area (Å²) in [5, 5.41) is 0. The third kappa shape index (κ3) is 2.16. The van der Waals surface area contributed by atoms with E-state index in [0.29, 0.717) is 31.6 Å². The maximum atomic E-state index is 13.0. The highest BCUT2D eigenvalue weighted by Crippen LogP contribution is 2.66. The van der Waals surface area contributed by atoms with Crippen molar-refractivity contribution in [1.82, 2.24) is 4.90 Å². The predicted molar refractivity (Wildman–Crippen MR) is 102 cm³/mol. The summed E-state index contributed by atoms with van der Waals surface area (Å²) < 4.78 is 17.7. The van der Waals surface area contributed by atoms with E-state index in [-0.39, 0.29) is 29.9 Å². The average Bonchev–Trinajstić information content (AvgIpc) is 3.00. The number of nitrogens with zero attached hydrogens (tertiary/aromatic N) is 1. The number of benzene rings is 1. The SMILES string of the molecule is CC(=O)Oc1ccc2c3c1O[C@H]1C(=O)CC[C@@]4(OC(C)=O)[C@@H](C2)N(C(C)=O)CC[C@]314. The monoisotopic (exact) mass is 413 g/mol. The largest absolute Gasteiger partial charge is 0.477 e. The third-order valence-electron chi connectivity index (χ3n) is 7.19. The van der Waals surface area contributed by atoms with Crippen molar-refractivity contribution in [2.45, 2.75) is 69.6 Å². The number of carbonyl (C=O) groups is 4. The fraction of sp³-hybridized carbons (Fsp3) is 0.545. The molecule has 30 heavy (non-hydrogen) atoms. The van der Waals surface area contributed by atoms with E-state index < -0.39 is 29.1 Å². The van der Waals surface area contributed by atoms with Gasteiger partial charge in [0, 0.05) is 39.3 Å². The lowest BCUT2D eigenvalue weighted by atomic mass is 9.48. The quantitative estimate of drug-likeness (QED) is 0.534. The second kappa shape index (κ2) is 6.06. The van der Waals surface area contributed by atoms with Gasteiger partial charge in [0.25, 0.3) is 0 Å². The molecule has 2 aliphatic carbocycles. The average molecular weight is 413 g/mol. The Labute approximate surface area is 173 Å². The smallest absolute Gasteiger partial charge is 0.308 e. The number of hydrogen-bond acceptors (Lipinski definition) is 7. The van der Waals surface area contributed by atoms with Gasteiger partial charge in [-0.3, -0.25) is 19.2 Å². The lowest BCUT2D eigenvalue weighted by Gasteiger charge is -2.63. The lowest BCUT2D eigenvalue weighted by Crippen LogP contribution is -2.78. The van der Waals surface area contributed by atoms with Gasteiger partial charge in [-0.1, -0.05) is 6.07 Å². The zero-order valence-electron chi connectivity index (χ0n) is 17.1. The van der Waals surface area contributed by atoms with Crippen LogP contribution in [0.5, 0.6) is 11.5 Å². The number of esters is 2. The lowest BCUT2D eigenvalue weighted by molar-refractivity contribution is -0.214. The number of amides is 1. The van der Waals surface area contributed by atoms with Crippen LogP contribution >= 0.6 is 0 Å². The van der Waals surface area contributed by atoms with Gasteiger partial charge in [0.15, 0.2) is 23.4 Å². The molecule has 4 aliphatic rings. The summed E-state index contributed by atoms with van der Waals surface area (Å²) >= 11 is 0. The zero-order valence-corrected chi connectivity index (χ0v) is 17.1. The van der Waals surface area contributed by atoms with E-state index in [9.17, 15) is 19.2 Å². The first-order valence-electron chi connectivity index (χ1n) is 10.2. The summed E-state index contributed by atoms with van der Waals surface area (Å²) in [5.74, 6) is -0.443. The molecule has 1 aromatic rings. The van der Waals surface area contributed by atoms with Gasteiger partial charge < -0.3 is 19.1 Å². The number of Topliss-reactive ketones (excluding diaryl/α,β-unsaturated/α-hetero) is 1. The molecular formula is C22H23NO7. The maximum Gasteiger partial charge on any atom is 0.308 e. The van der Waals surface area contributed by atoms with Crippen LogP contribution in [0.3, 0.4) is 0 Å². The van der Waals surface area contributed by atoms with E-state index in [1.807, 2.05) is 6.07 Å². The molecule has 1 aromatic carbocycles. The molecular weight excluding hydrogens is 390 g/mol. The molecule has 1 saturated heterocycles. The predicted octanol–water partition coefficient (Wildman–Crippen LogP) is 1.45. The zero-order chi connectivity index (χ0) is 21.4. The first-order valence-corrected chi connectivity index (χ1v) is 10.2. The molecule has 8 nitrogen and oxygen atoms in total. The molecule has 1 saturated carbocycles. The first kappa shape index (κ1) is 19.1. The summed E-state index contributed by atoms with van der Waals surface area (Å²) in [6.07, 6.45) is 0.579. The minimum Gasteiger partial charge on any atom is -0.477 e. The molecule has 0 N–H and O–H groups in total. The van der Waals surface area contributed by atoms with Gasteiger partial charge in [0.05, 0.1) is 11.5 Å². The van der Waals surface area contributed by atoms with E-state index in [4.69, 9.17) is 14.2 Å². The number of ketones is 1. The molecule has 1 spiro atoms. The van der Waals surface area contributed by atoms with Gasteiger partial charge >= 0.3 is 11.9 Å². The van der Waals surface area contributed by atoms with Crippen molar-refractivity contribution in [3.05, 3.63) is 23.3 Å². The normalized spacial score (nSPS) is 32.8. The van der Waals surface area contributed by atoms with Crippen molar-refractivity contribution in [3.8, 4) is 11.5 Å². The van der Waals surface area contributed by atoms with Crippen LogP contribution in [0.25, 0.3) is 0 Å². The Morgan fingerprint density at radius 1 is 1.13 bits per heavy atom. The molecule has 5 rings (SSSR count). The Hall–Kier alpha value is -2.90. The number of hydrogen-bond donors (Lipinski definition) is 0. The van der Waals surface area contributed by atoms with Crippen molar-refractivity contribution in [2.24, 2.45) is 0 Å². The summed E-state index contributed by atoms with van der Waals surface area (Å²) in [6, 6.07) is 3.14. The van der Waals surface area contributed by atoms with Crippen molar-refractivity contribution < 1.29 is 33.4 Å². The van der Waals surface area contributed by atoms with Crippen LogP contribution in [0.1, 0.15) is 51.2 Å². The van der Waals surface area contributed by atoms with Gasteiger partial charge in [-0.15, -0.1) is 0 Å². The van der Waals surface area contributed by atoms with Crippen LogP contribution in [0.4, 0.5) is 0 Å². The molecule has 4 atom stereocenters. The summed E-state index contributed by atoms with van der Waals surface area (Å²) in [5.41, 5.74) is -0.241. The Morgan fingerprint density at radius 3 is 2.57 bits per heavy atom. The van der Waals surface area contributed by atoms with Crippen LogP contribution in [0.2, 0.25) is 0 Å². The van der Waals surface area contributed by atoms with Crippen LogP contribution in [-0.4, -0.2) is 52.8 Å². The Balaban J connectivity index is 1.81. The topological polar surface area (TPSA) is 99.2 Å². The number of piperidine rings is 1. The molecule has 0 radical (unpaired) electrons. The van der Waals surface area contributed by atoms with E-state index in [1.54, 1.807) is 11.0 Å². The molecule has 1 amide bonds. The van der Waals surface area contributed by atoms with E-state index in [0.717, 1.165) is 11.1 Å². The fourth-order valence-corrected chi connectivity index (χ4v) is 6.37. The van der Waals surface area contributed by atoms with Crippen LogP contribution in [0, 0.1) is 0 Å². The third-order valence-corrected chi connectivity index (χ3v) is 7.19. The van der Waals surface area contributed by atoms with Gasteiger partial charge in [-0.05, 0) is 30.9 Å². The van der Waals surface area contributed by atoms with Gasteiger partial charge in [0.1, 0.15) is 5.60 Å². The highest BCUT2D eigenvalue weighted by atomic mass is 16.6. The Kier molecular flexibility index (Phi) is 3.85. The molecule has 2 fully saturated rings. The van der Waals surface area contributed by atoms with Crippen molar-refractivity contribution in [3.63, 3.8) is 0 Å². The van der Waals surface area contributed by atoms with Gasteiger partial charge in [-0.2, -0.15) is 0 Å². The minimum absolute atomic E-state index is 0.0642. The fourth-order valence-electron chi connectivity index (χ4n) is 6.37. The number of rotatable bonds is 2. The molecule has 8 heteroatoms. The van der Waals surface area contributed by atoms with Crippen LogP contribution in [-0.2, 0) is 35.8 Å². The van der Waals surface area contributed by atoms with Gasteiger partial charge in [-0.25, -0.2) is 0 Å². The molecule has 0 aromatic heterocycles. The second-order valence-electron chi connectivity index (χ2n) is 8.62. The second-order valence-corrected chi connectivity index (χ2v) is 8.62. The first-order chi connectivity index (χ1) is 14.2. The Morgan fingerprint density at radius 2 is 1.90 bits per heavy atom.